The van der Waals surface area contributed by atoms with Gasteiger partial charge in [-0.1, -0.05) is 29.3 Å². The number of ether oxygens (including phenoxy) is 1. The quantitative estimate of drug-likeness (QED) is 0.829. The van der Waals surface area contributed by atoms with Gasteiger partial charge in [0.15, 0.2) is 0 Å². The molecule has 0 amide bonds. The van der Waals surface area contributed by atoms with E-state index in [1.54, 1.807) is 18.1 Å². The SMILES string of the molecule is COc1ccc(CCN(C)CO)c(Cl)c1Cl. The number of methoxy groups -OCH3 is 1. The van der Waals surface area contributed by atoms with Crippen LogP contribution in [0, 0.1) is 0 Å². The van der Waals surface area contributed by atoms with Crippen molar-refractivity contribution in [3.63, 3.8) is 0 Å². The van der Waals surface area contributed by atoms with Crippen LogP contribution in [-0.2, 0) is 6.42 Å². The normalized spacial score (nSPS) is 10.9. The lowest BCUT2D eigenvalue weighted by atomic mass is 10.1. The number of aliphatic hydroxyl groups excluding tert-OH is 1. The number of benzene rings is 1. The first-order valence-corrected chi connectivity index (χ1v) is 5.66. The van der Waals surface area contributed by atoms with Crippen LogP contribution in [0.1, 0.15) is 5.56 Å². The summed E-state index contributed by atoms with van der Waals surface area (Å²) in [5.74, 6) is 0.575. The van der Waals surface area contributed by atoms with Gasteiger partial charge in [-0.15, -0.1) is 0 Å². The Morgan fingerprint density at radius 1 is 1.31 bits per heavy atom. The van der Waals surface area contributed by atoms with E-state index in [9.17, 15) is 0 Å². The molecule has 1 rings (SSSR count). The first-order valence-electron chi connectivity index (χ1n) is 4.90. The van der Waals surface area contributed by atoms with Gasteiger partial charge < -0.3 is 9.84 Å². The first-order chi connectivity index (χ1) is 7.60. The van der Waals surface area contributed by atoms with Crippen molar-refractivity contribution in [2.24, 2.45) is 0 Å². The molecule has 0 spiro atoms. The van der Waals surface area contributed by atoms with E-state index in [2.05, 4.69) is 0 Å². The Morgan fingerprint density at radius 3 is 2.56 bits per heavy atom. The van der Waals surface area contributed by atoms with Gasteiger partial charge in [0.1, 0.15) is 10.8 Å². The Bertz CT molecular complexity index is 358. The maximum absolute atomic E-state index is 8.87. The average Bonchev–Trinajstić information content (AvgIpc) is 2.30. The van der Waals surface area contributed by atoms with E-state index in [4.69, 9.17) is 33.0 Å². The molecule has 0 saturated heterocycles. The summed E-state index contributed by atoms with van der Waals surface area (Å²) in [5.41, 5.74) is 0.952. The van der Waals surface area contributed by atoms with E-state index in [-0.39, 0.29) is 6.73 Å². The largest absolute Gasteiger partial charge is 0.495 e. The van der Waals surface area contributed by atoms with Crippen molar-refractivity contribution in [3.8, 4) is 5.75 Å². The standard InChI is InChI=1S/C11H15Cl2NO2/c1-14(7-15)6-5-8-3-4-9(16-2)11(13)10(8)12/h3-4,15H,5-7H2,1-2H3. The zero-order chi connectivity index (χ0) is 12.1. The lowest BCUT2D eigenvalue weighted by Gasteiger charge is -2.14. The number of hydrogen-bond donors (Lipinski definition) is 1. The zero-order valence-corrected chi connectivity index (χ0v) is 10.8. The molecule has 90 valence electrons. The highest BCUT2D eigenvalue weighted by molar-refractivity contribution is 6.43. The average molecular weight is 264 g/mol. The van der Waals surface area contributed by atoms with Crippen molar-refractivity contribution in [2.75, 3.05) is 27.4 Å². The van der Waals surface area contributed by atoms with Gasteiger partial charge in [0.05, 0.1) is 18.9 Å². The summed E-state index contributed by atoms with van der Waals surface area (Å²) in [7, 11) is 3.38. The van der Waals surface area contributed by atoms with E-state index in [1.807, 2.05) is 13.1 Å². The fourth-order valence-corrected chi connectivity index (χ4v) is 1.82. The third-order valence-corrected chi connectivity index (χ3v) is 3.25. The van der Waals surface area contributed by atoms with Crippen LogP contribution in [0.4, 0.5) is 0 Å². The van der Waals surface area contributed by atoms with Gasteiger partial charge in [-0.2, -0.15) is 0 Å². The zero-order valence-electron chi connectivity index (χ0n) is 9.33. The van der Waals surface area contributed by atoms with Crippen molar-refractivity contribution < 1.29 is 9.84 Å². The molecular weight excluding hydrogens is 249 g/mol. The molecule has 1 aromatic carbocycles. The summed E-state index contributed by atoms with van der Waals surface area (Å²) in [4.78, 5) is 1.79. The summed E-state index contributed by atoms with van der Waals surface area (Å²) >= 11 is 12.1. The Morgan fingerprint density at radius 2 is 2.00 bits per heavy atom. The molecule has 0 radical (unpaired) electrons. The lowest BCUT2D eigenvalue weighted by molar-refractivity contribution is 0.134. The van der Waals surface area contributed by atoms with Gasteiger partial charge >= 0.3 is 0 Å². The Hall–Kier alpha value is -0.480. The molecule has 0 atom stereocenters. The van der Waals surface area contributed by atoms with E-state index in [1.165, 1.54) is 0 Å². The van der Waals surface area contributed by atoms with Crippen LogP contribution in [0.2, 0.25) is 10.0 Å². The summed E-state index contributed by atoms with van der Waals surface area (Å²) in [6, 6.07) is 3.68. The van der Waals surface area contributed by atoms with Crippen molar-refractivity contribution in [3.05, 3.63) is 27.7 Å². The van der Waals surface area contributed by atoms with Gasteiger partial charge in [-0.05, 0) is 25.1 Å². The van der Waals surface area contributed by atoms with Crippen LogP contribution in [0.15, 0.2) is 12.1 Å². The van der Waals surface area contributed by atoms with Crippen molar-refractivity contribution >= 4 is 23.2 Å². The Balaban J connectivity index is 2.78. The fourth-order valence-electron chi connectivity index (χ4n) is 1.30. The van der Waals surface area contributed by atoms with Crippen LogP contribution in [0.3, 0.4) is 0 Å². The fraction of sp³-hybridized carbons (Fsp3) is 0.455. The monoisotopic (exact) mass is 263 g/mol. The molecule has 16 heavy (non-hydrogen) atoms. The number of hydrogen-bond acceptors (Lipinski definition) is 3. The summed E-state index contributed by atoms with van der Waals surface area (Å²) in [5, 5.41) is 9.82. The van der Waals surface area contributed by atoms with E-state index in [0.29, 0.717) is 15.8 Å². The van der Waals surface area contributed by atoms with E-state index in [0.717, 1.165) is 18.5 Å². The van der Waals surface area contributed by atoms with Crippen LogP contribution in [0.25, 0.3) is 0 Å². The minimum Gasteiger partial charge on any atom is -0.495 e. The second-order valence-corrected chi connectivity index (χ2v) is 4.28. The molecule has 0 aliphatic heterocycles. The number of nitrogens with zero attached hydrogens (tertiary/aromatic N) is 1. The molecule has 3 nitrogen and oxygen atoms in total. The second kappa shape index (κ2) is 6.30. The number of halogens is 2. The minimum absolute atomic E-state index is 0.0293. The predicted octanol–water partition coefficient (Wildman–Crippen LogP) is 2.43. The van der Waals surface area contributed by atoms with Gasteiger partial charge in [0.25, 0.3) is 0 Å². The van der Waals surface area contributed by atoms with Crippen LogP contribution >= 0.6 is 23.2 Å². The topological polar surface area (TPSA) is 32.7 Å². The first kappa shape index (κ1) is 13.6. The Labute approximate surface area is 106 Å². The lowest BCUT2D eigenvalue weighted by Crippen LogP contribution is -2.22. The molecular formula is C11H15Cl2NO2. The number of likely N-dealkylation sites (N-methyl/N-ethyl adjacent to an activating group) is 1. The number of rotatable bonds is 5. The molecule has 0 fully saturated rings. The van der Waals surface area contributed by atoms with Gasteiger partial charge in [-0.25, -0.2) is 0 Å². The van der Waals surface area contributed by atoms with Crippen molar-refractivity contribution in [2.45, 2.75) is 6.42 Å². The highest BCUT2D eigenvalue weighted by atomic mass is 35.5. The van der Waals surface area contributed by atoms with Crippen LogP contribution in [0.5, 0.6) is 5.75 Å². The summed E-state index contributed by atoms with van der Waals surface area (Å²) < 4.78 is 5.06. The van der Waals surface area contributed by atoms with E-state index >= 15 is 0 Å². The molecule has 0 aliphatic rings. The highest BCUT2D eigenvalue weighted by Gasteiger charge is 2.10. The summed E-state index contributed by atoms with van der Waals surface area (Å²) in [6.07, 6.45) is 0.736. The smallest absolute Gasteiger partial charge is 0.138 e. The molecule has 0 heterocycles. The third-order valence-electron chi connectivity index (χ3n) is 2.35. The molecule has 0 unspecified atom stereocenters. The predicted molar refractivity (Wildman–Crippen MR) is 66.4 cm³/mol. The molecule has 1 aromatic rings. The third kappa shape index (κ3) is 3.25. The van der Waals surface area contributed by atoms with Crippen LogP contribution in [-0.4, -0.2) is 37.4 Å². The Kier molecular flexibility index (Phi) is 5.35. The molecule has 0 aliphatic carbocycles. The van der Waals surface area contributed by atoms with Crippen molar-refractivity contribution in [1.82, 2.24) is 4.90 Å². The van der Waals surface area contributed by atoms with Gasteiger partial charge in [-0.3, -0.25) is 4.90 Å². The summed E-state index contributed by atoms with van der Waals surface area (Å²) in [6.45, 7) is 0.750. The van der Waals surface area contributed by atoms with E-state index < -0.39 is 0 Å². The maximum atomic E-state index is 8.87. The molecule has 0 aromatic heterocycles. The minimum atomic E-state index is 0.0293. The maximum Gasteiger partial charge on any atom is 0.138 e. The molecule has 0 saturated carbocycles. The van der Waals surface area contributed by atoms with Crippen LogP contribution < -0.4 is 4.74 Å². The highest BCUT2D eigenvalue weighted by Crippen LogP contribution is 2.34. The number of aliphatic hydroxyl groups is 1. The molecule has 5 heteroatoms. The van der Waals surface area contributed by atoms with Crippen molar-refractivity contribution in [1.29, 1.82) is 0 Å². The molecule has 1 N–H and O–H groups in total. The van der Waals surface area contributed by atoms with Gasteiger partial charge in [0, 0.05) is 6.54 Å². The second-order valence-electron chi connectivity index (χ2n) is 3.53. The van der Waals surface area contributed by atoms with Gasteiger partial charge in [0.2, 0.25) is 0 Å². The molecule has 0 bridgehead atoms.